The fourth-order valence-electron chi connectivity index (χ4n) is 1.35. The fraction of sp³-hybridized carbons (Fsp3) is 0.400. The summed E-state index contributed by atoms with van der Waals surface area (Å²) in [6.45, 7) is 2.01. The van der Waals surface area contributed by atoms with Crippen LogP contribution in [0.25, 0.3) is 0 Å². The van der Waals surface area contributed by atoms with Crippen LogP contribution in [-0.2, 0) is 4.74 Å². The van der Waals surface area contributed by atoms with Crippen molar-refractivity contribution in [2.24, 2.45) is 0 Å². The van der Waals surface area contributed by atoms with E-state index in [4.69, 9.17) is 4.74 Å². The molecule has 0 radical (unpaired) electrons. The van der Waals surface area contributed by atoms with E-state index in [0.29, 0.717) is 0 Å². The fourth-order valence-corrected chi connectivity index (χ4v) is 1.35. The normalized spacial score (nSPS) is 12.4. The molecule has 0 aliphatic rings. The highest BCUT2D eigenvalue weighted by atomic mass is 16.6. The van der Waals surface area contributed by atoms with E-state index in [-0.39, 0.29) is 11.8 Å². The predicted octanol–water partition coefficient (Wildman–Crippen LogP) is 2.69. The van der Waals surface area contributed by atoms with Crippen LogP contribution in [0.3, 0.4) is 0 Å². The molecule has 0 aliphatic carbocycles. The summed E-state index contributed by atoms with van der Waals surface area (Å²) in [6, 6.07) is 6.46. The largest absolute Gasteiger partial charge is 0.377 e. The summed E-state index contributed by atoms with van der Waals surface area (Å²) in [5, 5.41) is 10.4. The molecule has 0 saturated carbocycles. The van der Waals surface area contributed by atoms with Crippen LogP contribution in [0.2, 0.25) is 0 Å². The van der Waals surface area contributed by atoms with E-state index >= 15 is 0 Å². The van der Waals surface area contributed by atoms with Gasteiger partial charge in [-0.3, -0.25) is 10.1 Å². The van der Waals surface area contributed by atoms with Gasteiger partial charge in [0.05, 0.1) is 11.0 Å². The number of rotatable bonds is 4. The monoisotopic (exact) mass is 195 g/mol. The van der Waals surface area contributed by atoms with Crippen molar-refractivity contribution < 1.29 is 9.66 Å². The zero-order valence-electron chi connectivity index (χ0n) is 8.27. The Morgan fingerprint density at radius 2 is 2.00 bits per heavy atom. The van der Waals surface area contributed by atoms with Crippen molar-refractivity contribution in [3.8, 4) is 0 Å². The quantitative estimate of drug-likeness (QED) is 0.548. The summed E-state index contributed by atoms with van der Waals surface area (Å²) < 4.78 is 5.22. The maximum Gasteiger partial charge on any atom is 0.269 e. The van der Waals surface area contributed by atoms with Crippen LogP contribution in [0, 0.1) is 10.1 Å². The number of ether oxygens (including phenoxy) is 1. The van der Waals surface area contributed by atoms with Crippen molar-refractivity contribution in [3.63, 3.8) is 0 Å². The summed E-state index contributed by atoms with van der Waals surface area (Å²) >= 11 is 0. The van der Waals surface area contributed by atoms with E-state index in [1.165, 1.54) is 12.1 Å². The first-order chi connectivity index (χ1) is 6.69. The Kier molecular flexibility index (Phi) is 3.59. The average molecular weight is 195 g/mol. The van der Waals surface area contributed by atoms with Gasteiger partial charge in [0, 0.05) is 19.2 Å². The molecule has 0 fully saturated rings. The molecule has 0 heterocycles. The Balaban J connectivity index is 2.87. The maximum atomic E-state index is 10.4. The third-order valence-corrected chi connectivity index (χ3v) is 2.13. The Hall–Kier alpha value is -1.42. The van der Waals surface area contributed by atoms with E-state index in [0.717, 1.165) is 12.0 Å². The van der Waals surface area contributed by atoms with Crippen LogP contribution in [0.1, 0.15) is 25.0 Å². The van der Waals surface area contributed by atoms with Gasteiger partial charge in [-0.2, -0.15) is 0 Å². The molecule has 0 aliphatic heterocycles. The van der Waals surface area contributed by atoms with Crippen molar-refractivity contribution >= 4 is 5.69 Å². The highest BCUT2D eigenvalue weighted by molar-refractivity contribution is 5.33. The molecule has 0 bridgehead atoms. The Morgan fingerprint density at radius 1 is 1.43 bits per heavy atom. The van der Waals surface area contributed by atoms with Crippen LogP contribution >= 0.6 is 0 Å². The van der Waals surface area contributed by atoms with Gasteiger partial charge in [-0.05, 0) is 24.1 Å². The topological polar surface area (TPSA) is 52.4 Å². The molecule has 0 spiro atoms. The second-order valence-corrected chi connectivity index (χ2v) is 2.98. The van der Waals surface area contributed by atoms with Crippen LogP contribution in [0.5, 0.6) is 0 Å². The number of nitro groups is 1. The first-order valence-electron chi connectivity index (χ1n) is 4.46. The second-order valence-electron chi connectivity index (χ2n) is 2.98. The smallest absolute Gasteiger partial charge is 0.269 e. The molecule has 76 valence electrons. The summed E-state index contributed by atoms with van der Waals surface area (Å²) in [4.78, 5) is 9.99. The standard InChI is InChI=1S/C10H13NO3/c1-3-10(14-2)8-4-6-9(7-5-8)11(12)13/h4-7,10H,3H2,1-2H3. The third-order valence-electron chi connectivity index (χ3n) is 2.13. The number of nitro benzene ring substituents is 1. The van der Waals surface area contributed by atoms with Gasteiger partial charge in [-0.15, -0.1) is 0 Å². The lowest BCUT2D eigenvalue weighted by molar-refractivity contribution is -0.384. The van der Waals surface area contributed by atoms with E-state index in [1.54, 1.807) is 19.2 Å². The van der Waals surface area contributed by atoms with Gasteiger partial charge in [0.15, 0.2) is 0 Å². The Bertz CT molecular complexity index is 304. The van der Waals surface area contributed by atoms with Gasteiger partial charge < -0.3 is 4.74 Å². The van der Waals surface area contributed by atoms with Crippen molar-refractivity contribution in [2.75, 3.05) is 7.11 Å². The Morgan fingerprint density at radius 3 is 2.36 bits per heavy atom. The van der Waals surface area contributed by atoms with Crippen molar-refractivity contribution in [1.82, 2.24) is 0 Å². The zero-order chi connectivity index (χ0) is 10.6. The highest BCUT2D eigenvalue weighted by Gasteiger charge is 2.10. The lowest BCUT2D eigenvalue weighted by Gasteiger charge is -2.12. The van der Waals surface area contributed by atoms with Crippen molar-refractivity contribution in [1.29, 1.82) is 0 Å². The molecular formula is C10H13NO3. The molecule has 1 rings (SSSR count). The van der Waals surface area contributed by atoms with E-state index in [2.05, 4.69) is 0 Å². The highest BCUT2D eigenvalue weighted by Crippen LogP contribution is 2.22. The van der Waals surface area contributed by atoms with Crippen molar-refractivity contribution in [3.05, 3.63) is 39.9 Å². The molecular weight excluding hydrogens is 182 g/mol. The van der Waals surface area contributed by atoms with Crippen LogP contribution in [0.15, 0.2) is 24.3 Å². The molecule has 4 heteroatoms. The van der Waals surface area contributed by atoms with Gasteiger partial charge in [0.25, 0.3) is 5.69 Å². The van der Waals surface area contributed by atoms with Crippen molar-refractivity contribution in [2.45, 2.75) is 19.4 Å². The molecule has 0 saturated heterocycles. The van der Waals surface area contributed by atoms with Gasteiger partial charge in [0.2, 0.25) is 0 Å². The number of hydrogen-bond donors (Lipinski definition) is 0. The molecule has 1 aromatic rings. The summed E-state index contributed by atoms with van der Waals surface area (Å²) in [5.41, 5.74) is 1.08. The summed E-state index contributed by atoms with van der Waals surface area (Å²) in [6.07, 6.45) is 0.879. The van der Waals surface area contributed by atoms with Crippen LogP contribution in [-0.4, -0.2) is 12.0 Å². The SMILES string of the molecule is CCC(OC)c1ccc([N+](=O)[O-])cc1. The number of methoxy groups -OCH3 is 1. The molecule has 14 heavy (non-hydrogen) atoms. The van der Waals surface area contributed by atoms with Gasteiger partial charge in [-0.25, -0.2) is 0 Å². The Labute approximate surface area is 82.7 Å². The zero-order valence-corrected chi connectivity index (χ0v) is 8.27. The molecule has 1 aromatic carbocycles. The van der Waals surface area contributed by atoms with E-state index in [9.17, 15) is 10.1 Å². The van der Waals surface area contributed by atoms with Crippen LogP contribution in [0.4, 0.5) is 5.69 Å². The number of non-ortho nitro benzene ring substituents is 1. The molecule has 0 amide bonds. The summed E-state index contributed by atoms with van der Waals surface area (Å²) in [5.74, 6) is 0. The predicted molar refractivity (Wildman–Crippen MR) is 53.1 cm³/mol. The molecule has 1 atom stereocenters. The molecule has 4 nitrogen and oxygen atoms in total. The molecule has 1 unspecified atom stereocenters. The first kappa shape index (κ1) is 10.7. The van der Waals surface area contributed by atoms with Crippen LogP contribution < -0.4 is 0 Å². The van der Waals surface area contributed by atoms with Gasteiger partial charge in [-0.1, -0.05) is 6.92 Å². The average Bonchev–Trinajstić information content (AvgIpc) is 2.20. The van der Waals surface area contributed by atoms with E-state index < -0.39 is 4.92 Å². The van der Waals surface area contributed by atoms with Gasteiger partial charge >= 0.3 is 0 Å². The molecule has 0 N–H and O–H groups in total. The maximum absolute atomic E-state index is 10.4. The minimum atomic E-state index is -0.405. The third kappa shape index (κ3) is 2.29. The lowest BCUT2D eigenvalue weighted by Crippen LogP contribution is -1.99. The van der Waals surface area contributed by atoms with E-state index in [1.807, 2.05) is 6.92 Å². The summed E-state index contributed by atoms with van der Waals surface area (Å²) in [7, 11) is 1.63. The number of nitrogens with zero attached hydrogens (tertiary/aromatic N) is 1. The minimum absolute atomic E-state index is 0.0239. The molecule has 0 aromatic heterocycles. The minimum Gasteiger partial charge on any atom is -0.377 e. The lowest BCUT2D eigenvalue weighted by atomic mass is 10.1. The number of benzene rings is 1. The number of hydrogen-bond acceptors (Lipinski definition) is 3. The van der Waals surface area contributed by atoms with Gasteiger partial charge in [0.1, 0.15) is 0 Å². The first-order valence-corrected chi connectivity index (χ1v) is 4.46. The second kappa shape index (κ2) is 4.72.